The van der Waals surface area contributed by atoms with E-state index in [1.807, 2.05) is 12.1 Å². The van der Waals surface area contributed by atoms with Gasteiger partial charge in [-0.1, -0.05) is 24.3 Å². The van der Waals surface area contributed by atoms with Gasteiger partial charge in [0.2, 0.25) is 0 Å². The maximum atomic E-state index is 13.7. The molecule has 0 amide bonds. The third-order valence-corrected chi connectivity index (χ3v) is 5.77. The number of hydrogen-bond acceptors (Lipinski definition) is 2. The van der Waals surface area contributed by atoms with Crippen molar-refractivity contribution >= 4 is 10.8 Å². The quantitative estimate of drug-likeness (QED) is 0.937. The van der Waals surface area contributed by atoms with Gasteiger partial charge >= 0.3 is 0 Å². The number of benzene rings is 2. The summed E-state index contributed by atoms with van der Waals surface area (Å²) in [7, 11) is -1.23. The fourth-order valence-corrected chi connectivity index (χ4v) is 4.48. The molecular formula is C17H16F2O2S. The van der Waals surface area contributed by atoms with Gasteiger partial charge in [0.1, 0.15) is 11.6 Å². The highest BCUT2D eigenvalue weighted by molar-refractivity contribution is 7.84. The second kappa shape index (κ2) is 6.26. The van der Waals surface area contributed by atoms with Gasteiger partial charge in [0.15, 0.2) is 0 Å². The van der Waals surface area contributed by atoms with Crippen LogP contribution in [0.5, 0.6) is 0 Å². The lowest BCUT2D eigenvalue weighted by atomic mass is 10.1. The highest BCUT2D eigenvalue weighted by Crippen LogP contribution is 2.38. The summed E-state index contributed by atoms with van der Waals surface area (Å²) < 4.78 is 39.7. The zero-order valence-corrected chi connectivity index (χ0v) is 12.7. The molecule has 1 N–H and O–H groups in total. The Bertz CT molecular complexity index is 713. The molecule has 0 bridgehead atoms. The first kappa shape index (κ1) is 15.3. The third kappa shape index (κ3) is 2.96. The molecule has 3 rings (SSSR count). The topological polar surface area (TPSA) is 37.3 Å². The molecule has 2 unspecified atom stereocenters. The highest BCUT2D eigenvalue weighted by Gasteiger charge is 2.30. The Balaban J connectivity index is 1.80. The molecule has 0 aromatic heterocycles. The standard InChI is InChI=1S/C17H16F2O2S/c18-13-7-15-14(16(19)8-13)5-6-17(15)22(21)10-12-3-1-11(9-20)2-4-12/h1-4,7-8,17,20H,5-6,9-10H2. The monoisotopic (exact) mass is 322 g/mol. The third-order valence-electron chi connectivity index (χ3n) is 4.03. The average molecular weight is 322 g/mol. The first-order chi connectivity index (χ1) is 10.6. The predicted molar refractivity (Wildman–Crippen MR) is 81.6 cm³/mol. The largest absolute Gasteiger partial charge is 0.392 e. The van der Waals surface area contributed by atoms with E-state index in [-0.39, 0.29) is 11.9 Å². The van der Waals surface area contributed by atoms with Crippen LogP contribution in [0.25, 0.3) is 0 Å². The number of fused-ring (bicyclic) bond motifs is 1. The van der Waals surface area contributed by atoms with Crippen LogP contribution >= 0.6 is 0 Å². The predicted octanol–water partition coefficient (Wildman–Crippen LogP) is 3.39. The normalized spacial score (nSPS) is 18.2. The highest BCUT2D eigenvalue weighted by atomic mass is 32.2. The van der Waals surface area contributed by atoms with Crippen molar-refractivity contribution in [2.24, 2.45) is 0 Å². The molecule has 0 saturated heterocycles. The maximum Gasteiger partial charge on any atom is 0.129 e. The van der Waals surface area contributed by atoms with Gasteiger partial charge in [-0.3, -0.25) is 4.21 Å². The molecule has 1 aliphatic rings. The fourth-order valence-electron chi connectivity index (χ4n) is 2.88. The van der Waals surface area contributed by atoms with Gasteiger partial charge in [-0.15, -0.1) is 0 Å². The Hall–Kier alpha value is -1.59. The first-order valence-corrected chi connectivity index (χ1v) is 8.50. The van der Waals surface area contributed by atoms with Crippen molar-refractivity contribution in [3.63, 3.8) is 0 Å². The second-order valence-electron chi connectivity index (χ2n) is 5.48. The Morgan fingerprint density at radius 1 is 1.14 bits per heavy atom. The number of aliphatic hydroxyl groups excluding tert-OH is 1. The van der Waals surface area contributed by atoms with Gasteiger partial charge in [0.05, 0.1) is 11.9 Å². The molecule has 1 aliphatic carbocycles. The first-order valence-electron chi connectivity index (χ1n) is 7.12. The van der Waals surface area contributed by atoms with E-state index in [1.54, 1.807) is 12.1 Å². The summed E-state index contributed by atoms with van der Waals surface area (Å²) in [5.74, 6) is -0.817. The molecule has 0 heterocycles. The van der Waals surface area contributed by atoms with E-state index in [0.29, 0.717) is 29.7 Å². The molecule has 2 aromatic carbocycles. The zero-order valence-electron chi connectivity index (χ0n) is 11.9. The van der Waals surface area contributed by atoms with Crippen molar-refractivity contribution in [3.8, 4) is 0 Å². The van der Waals surface area contributed by atoms with Crippen molar-refractivity contribution in [1.29, 1.82) is 0 Å². The molecule has 116 valence electrons. The van der Waals surface area contributed by atoms with Crippen LogP contribution in [0, 0.1) is 11.6 Å². The van der Waals surface area contributed by atoms with Crippen LogP contribution in [0.3, 0.4) is 0 Å². The van der Waals surface area contributed by atoms with Crippen LogP contribution in [-0.2, 0) is 29.6 Å². The summed E-state index contributed by atoms with van der Waals surface area (Å²) in [6.07, 6.45) is 1.08. The summed E-state index contributed by atoms with van der Waals surface area (Å²) >= 11 is 0. The fraction of sp³-hybridized carbons (Fsp3) is 0.294. The molecular weight excluding hydrogens is 306 g/mol. The average Bonchev–Trinajstić information content (AvgIpc) is 2.92. The van der Waals surface area contributed by atoms with Crippen molar-refractivity contribution in [2.45, 2.75) is 30.5 Å². The van der Waals surface area contributed by atoms with Crippen LogP contribution < -0.4 is 0 Å². The Morgan fingerprint density at radius 3 is 2.50 bits per heavy atom. The lowest BCUT2D eigenvalue weighted by Gasteiger charge is -2.12. The lowest BCUT2D eigenvalue weighted by Crippen LogP contribution is -2.06. The molecule has 22 heavy (non-hydrogen) atoms. The molecule has 0 saturated carbocycles. The summed E-state index contributed by atoms with van der Waals surface area (Å²) in [5.41, 5.74) is 2.73. The van der Waals surface area contributed by atoms with Crippen LogP contribution in [0.4, 0.5) is 8.78 Å². The summed E-state index contributed by atoms with van der Waals surface area (Å²) in [5, 5.41) is 8.69. The number of rotatable bonds is 4. The zero-order chi connectivity index (χ0) is 15.7. The molecule has 2 atom stereocenters. The van der Waals surface area contributed by atoms with Crippen molar-refractivity contribution in [2.75, 3.05) is 0 Å². The van der Waals surface area contributed by atoms with Crippen LogP contribution in [0.2, 0.25) is 0 Å². The van der Waals surface area contributed by atoms with Crippen LogP contribution in [0.15, 0.2) is 36.4 Å². The molecule has 0 fully saturated rings. The minimum Gasteiger partial charge on any atom is -0.392 e. The van der Waals surface area contributed by atoms with E-state index in [1.165, 1.54) is 6.07 Å². The van der Waals surface area contributed by atoms with Gasteiger partial charge in [-0.2, -0.15) is 0 Å². The summed E-state index contributed by atoms with van der Waals surface area (Å²) in [6, 6.07) is 9.42. The van der Waals surface area contributed by atoms with Gasteiger partial charge in [0, 0.05) is 22.6 Å². The van der Waals surface area contributed by atoms with Gasteiger partial charge in [-0.05, 0) is 41.2 Å². The minimum absolute atomic E-state index is 0.0298. The van der Waals surface area contributed by atoms with E-state index in [2.05, 4.69) is 0 Å². The van der Waals surface area contributed by atoms with E-state index < -0.39 is 22.4 Å². The Kier molecular flexibility index (Phi) is 4.36. The summed E-state index contributed by atoms with van der Waals surface area (Å²) in [6.45, 7) is -0.0298. The molecule has 2 aromatic rings. The van der Waals surface area contributed by atoms with E-state index >= 15 is 0 Å². The number of hydrogen-bond donors (Lipinski definition) is 1. The van der Waals surface area contributed by atoms with Crippen LogP contribution in [0.1, 0.15) is 33.9 Å². The van der Waals surface area contributed by atoms with Gasteiger partial charge in [0.25, 0.3) is 0 Å². The maximum absolute atomic E-state index is 13.7. The number of halogens is 2. The number of aliphatic hydroxyl groups is 1. The minimum atomic E-state index is -1.23. The van der Waals surface area contributed by atoms with Crippen molar-refractivity contribution in [1.82, 2.24) is 0 Å². The molecule has 0 aliphatic heterocycles. The van der Waals surface area contributed by atoms with E-state index in [0.717, 1.165) is 17.2 Å². The lowest BCUT2D eigenvalue weighted by molar-refractivity contribution is 0.282. The molecule has 5 heteroatoms. The molecule has 2 nitrogen and oxygen atoms in total. The summed E-state index contributed by atoms with van der Waals surface area (Å²) in [4.78, 5) is 0. The molecule has 0 radical (unpaired) electrons. The van der Waals surface area contributed by atoms with Crippen molar-refractivity contribution < 1.29 is 18.1 Å². The van der Waals surface area contributed by atoms with E-state index in [4.69, 9.17) is 5.11 Å². The van der Waals surface area contributed by atoms with Crippen LogP contribution in [-0.4, -0.2) is 9.32 Å². The smallest absolute Gasteiger partial charge is 0.129 e. The van der Waals surface area contributed by atoms with Crippen molar-refractivity contribution in [3.05, 3.63) is 70.3 Å². The van der Waals surface area contributed by atoms with Gasteiger partial charge < -0.3 is 5.11 Å². The SMILES string of the molecule is O=S(Cc1ccc(CO)cc1)C1CCc2c(F)cc(F)cc21. The van der Waals surface area contributed by atoms with Gasteiger partial charge in [-0.25, -0.2) is 8.78 Å². The molecule has 0 spiro atoms. The second-order valence-corrected chi connectivity index (χ2v) is 7.10. The van der Waals surface area contributed by atoms with E-state index in [9.17, 15) is 13.0 Å². The Labute approximate surface area is 130 Å². The Morgan fingerprint density at radius 2 is 1.82 bits per heavy atom.